The molecule has 0 bridgehead atoms. The van der Waals surface area contributed by atoms with Crippen molar-refractivity contribution >= 4 is 5.69 Å². The van der Waals surface area contributed by atoms with E-state index in [1.807, 2.05) is 18.2 Å². The van der Waals surface area contributed by atoms with Crippen LogP contribution in [0.25, 0.3) is 0 Å². The van der Waals surface area contributed by atoms with Crippen molar-refractivity contribution in [3.05, 3.63) is 59.7 Å². The lowest BCUT2D eigenvalue weighted by Crippen LogP contribution is -3.16. The molecular formula is C23H31N2O3+. The highest BCUT2D eigenvalue weighted by Crippen LogP contribution is 2.32. The number of phenolic OH excluding ortho intramolecular Hbond substituents is 1. The number of nitrogens with one attached hydrogen (secondary N) is 1. The Balaban J connectivity index is 1.23. The first-order valence-corrected chi connectivity index (χ1v) is 10.4. The number of hydrogen-bond donors (Lipinski definition) is 3. The predicted molar refractivity (Wildman–Crippen MR) is 110 cm³/mol. The Labute approximate surface area is 167 Å². The highest BCUT2D eigenvalue weighted by atomic mass is 16.5. The Morgan fingerprint density at radius 3 is 2.64 bits per heavy atom. The number of rotatable bonds is 6. The van der Waals surface area contributed by atoms with Crippen LogP contribution in [0.5, 0.6) is 5.75 Å². The molecule has 2 aromatic carbocycles. The zero-order valence-corrected chi connectivity index (χ0v) is 16.4. The smallest absolute Gasteiger partial charge is 0.138 e. The summed E-state index contributed by atoms with van der Waals surface area (Å²) in [6, 6.07) is 16.0. The topological polar surface area (TPSA) is 57.4 Å². The van der Waals surface area contributed by atoms with Crippen LogP contribution in [0.3, 0.4) is 0 Å². The third-order valence-corrected chi connectivity index (χ3v) is 6.02. The van der Waals surface area contributed by atoms with Crippen LogP contribution in [0.1, 0.15) is 30.1 Å². The maximum absolute atomic E-state index is 10.5. The van der Waals surface area contributed by atoms with Gasteiger partial charge in [0.25, 0.3) is 0 Å². The zero-order valence-electron chi connectivity index (χ0n) is 16.4. The van der Waals surface area contributed by atoms with Gasteiger partial charge in [0.2, 0.25) is 0 Å². The van der Waals surface area contributed by atoms with E-state index in [1.54, 1.807) is 6.07 Å². The van der Waals surface area contributed by atoms with E-state index < -0.39 is 6.10 Å². The van der Waals surface area contributed by atoms with Gasteiger partial charge in [-0.2, -0.15) is 0 Å². The molecule has 2 atom stereocenters. The zero-order chi connectivity index (χ0) is 19.3. The highest BCUT2D eigenvalue weighted by molar-refractivity contribution is 5.57. The number of anilines is 1. The van der Waals surface area contributed by atoms with E-state index >= 15 is 0 Å². The fourth-order valence-corrected chi connectivity index (χ4v) is 4.50. The summed E-state index contributed by atoms with van der Waals surface area (Å²) in [5, 5.41) is 20.5. The van der Waals surface area contributed by atoms with Crippen molar-refractivity contribution in [2.75, 3.05) is 44.2 Å². The van der Waals surface area contributed by atoms with Crippen molar-refractivity contribution in [2.45, 2.75) is 31.5 Å². The van der Waals surface area contributed by atoms with Crippen LogP contribution in [0.4, 0.5) is 5.69 Å². The lowest BCUT2D eigenvalue weighted by Gasteiger charge is -2.35. The van der Waals surface area contributed by atoms with Gasteiger partial charge < -0.3 is 24.7 Å². The van der Waals surface area contributed by atoms with Crippen molar-refractivity contribution in [1.82, 2.24) is 0 Å². The minimum atomic E-state index is -0.444. The first-order valence-electron chi connectivity index (χ1n) is 10.4. The third-order valence-electron chi connectivity index (χ3n) is 6.02. The fraction of sp³-hybridized carbons (Fsp3) is 0.478. The van der Waals surface area contributed by atoms with Crippen molar-refractivity contribution in [2.24, 2.45) is 0 Å². The number of aromatic hydroxyl groups is 1. The van der Waals surface area contributed by atoms with Gasteiger partial charge in [-0.3, -0.25) is 0 Å². The average molecular weight is 384 g/mol. The number of quaternary nitrogens is 1. The maximum atomic E-state index is 10.5. The Bertz CT molecular complexity index is 774. The van der Waals surface area contributed by atoms with Gasteiger partial charge in [0.1, 0.15) is 18.4 Å². The van der Waals surface area contributed by atoms with Gasteiger partial charge in [0.15, 0.2) is 0 Å². The van der Waals surface area contributed by atoms with E-state index in [0.29, 0.717) is 18.9 Å². The minimum absolute atomic E-state index is 0.118. The average Bonchev–Trinajstić information content (AvgIpc) is 2.73. The lowest BCUT2D eigenvalue weighted by atomic mass is 9.89. The van der Waals surface area contributed by atoms with Crippen LogP contribution in [0, 0.1) is 0 Å². The highest BCUT2D eigenvalue weighted by Gasteiger charge is 2.25. The number of nitrogens with zero attached hydrogens (tertiary/aromatic N) is 1. The lowest BCUT2D eigenvalue weighted by molar-refractivity contribution is -0.903. The molecule has 1 aliphatic heterocycles. The van der Waals surface area contributed by atoms with E-state index in [1.165, 1.54) is 16.0 Å². The monoisotopic (exact) mass is 383 g/mol. The second-order valence-electron chi connectivity index (χ2n) is 8.00. The molecule has 2 aliphatic rings. The van der Waals surface area contributed by atoms with Crippen LogP contribution < -0.4 is 9.80 Å². The maximum Gasteiger partial charge on any atom is 0.138 e. The molecule has 0 amide bonds. The number of hydrogen-bond acceptors (Lipinski definition) is 4. The molecule has 1 heterocycles. The van der Waals surface area contributed by atoms with Crippen LogP contribution in [-0.2, 0) is 11.2 Å². The fourth-order valence-electron chi connectivity index (χ4n) is 4.50. The van der Waals surface area contributed by atoms with Gasteiger partial charge in [-0.1, -0.05) is 36.4 Å². The van der Waals surface area contributed by atoms with Crippen LogP contribution in [0.15, 0.2) is 48.5 Å². The Kier molecular flexibility index (Phi) is 6.15. The van der Waals surface area contributed by atoms with Gasteiger partial charge >= 0.3 is 0 Å². The summed E-state index contributed by atoms with van der Waals surface area (Å²) in [4.78, 5) is 3.62. The number of fused-ring (bicyclic) bond motifs is 1. The third kappa shape index (κ3) is 4.49. The van der Waals surface area contributed by atoms with Crippen molar-refractivity contribution in [1.29, 1.82) is 0 Å². The van der Waals surface area contributed by atoms with Gasteiger partial charge in [-0.15, -0.1) is 0 Å². The Hall–Kier alpha value is -2.08. The largest absolute Gasteiger partial charge is 0.506 e. The normalized spacial score (nSPS) is 21.3. The van der Waals surface area contributed by atoms with Gasteiger partial charge in [0.05, 0.1) is 44.6 Å². The Morgan fingerprint density at radius 2 is 1.82 bits per heavy atom. The molecule has 0 unspecified atom stereocenters. The summed E-state index contributed by atoms with van der Waals surface area (Å²) >= 11 is 0. The molecule has 1 fully saturated rings. The standard InChI is InChI=1S/C23H30N2O3/c26-19(17-28-23-11-5-7-18-6-1-2-8-20(18)23)16-24-12-14-25(15-13-24)21-9-3-4-10-22(21)27/h1-4,6,8-10,19,23,26-27H,5,7,11-17H2/p+1/t19-,23-/m1/s1. The van der Waals surface area contributed by atoms with E-state index in [-0.39, 0.29) is 6.10 Å². The summed E-state index contributed by atoms with van der Waals surface area (Å²) in [6.45, 7) is 4.79. The molecule has 1 aliphatic carbocycles. The molecule has 2 aromatic rings. The number of ether oxygens (including phenoxy) is 1. The number of benzene rings is 2. The molecule has 1 saturated heterocycles. The van der Waals surface area contributed by atoms with Crippen LogP contribution >= 0.6 is 0 Å². The SMILES string of the molecule is Oc1ccccc1N1CC[NH+](C[C@@H](O)CO[C@@H]2CCCc3ccccc32)CC1. The first-order chi connectivity index (χ1) is 13.7. The molecule has 4 rings (SSSR count). The minimum Gasteiger partial charge on any atom is -0.506 e. The molecule has 3 N–H and O–H groups in total. The van der Waals surface area contributed by atoms with E-state index in [9.17, 15) is 10.2 Å². The first kappa shape index (κ1) is 19.2. The van der Waals surface area contributed by atoms with Gasteiger partial charge in [-0.25, -0.2) is 0 Å². The van der Waals surface area contributed by atoms with Crippen LogP contribution in [0.2, 0.25) is 0 Å². The molecule has 0 saturated carbocycles. The number of aryl methyl sites for hydroxylation is 1. The predicted octanol–water partition coefficient (Wildman–Crippen LogP) is 1.55. The van der Waals surface area contributed by atoms with E-state index in [4.69, 9.17) is 4.74 Å². The molecule has 0 spiro atoms. The molecule has 0 aromatic heterocycles. The summed E-state index contributed by atoms with van der Waals surface area (Å²) in [5.41, 5.74) is 3.59. The van der Waals surface area contributed by atoms with E-state index in [2.05, 4.69) is 29.2 Å². The number of aliphatic hydroxyl groups is 1. The van der Waals surface area contributed by atoms with E-state index in [0.717, 1.165) is 51.1 Å². The van der Waals surface area contributed by atoms with Gasteiger partial charge in [0, 0.05) is 0 Å². The summed E-state index contributed by atoms with van der Waals surface area (Å²) in [5.74, 6) is 0.340. The number of piperazine rings is 1. The number of aliphatic hydroxyl groups excluding tert-OH is 1. The van der Waals surface area contributed by atoms with Crippen molar-refractivity contribution < 1.29 is 19.8 Å². The summed E-state index contributed by atoms with van der Waals surface area (Å²) in [7, 11) is 0. The van der Waals surface area contributed by atoms with Crippen LogP contribution in [-0.4, -0.2) is 55.6 Å². The molecule has 150 valence electrons. The van der Waals surface area contributed by atoms with Gasteiger partial charge in [-0.05, 0) is 42.5 Å². The number of phenols is 1. The Morgan fingerprint density at radius 1 is 1.07 bits per heavy atom. The molecule has 0 radical (unpaired) electrons. The number of para-hydroxylation sites is 2. The quantitative estimate of drug-likeness (QED) is 0.709. The van der Waals surface area contributed by atoms with Crippen molar-refractivity contribution in [3.63, 3.8) is 0 Å². The summed E-state index contributed by atoms with van der Waals surface area (Å²) < 4.78 is 6.11. The molecule has 5 nitrogen and oxygen atoms in total. The molecule has 5 heteroatoms. The summed E-state index contributed by atoms with van der Waals surface area (Å²) in [6.07, 6.45) is 2.99. The van der Waals surface area contributed by atoms with Crippen molar-refractivity contribution in [3.8, 4) is 5.75 Å². The molecule has 28 heavy (non-hydrogen) atoms. The second kappa shape index (κ2) is 8.95. The molecular weight excluding hydrogens is 352 g/mol. The second-order valence-corrected chi connectivity index (χ2v) is 8.00.